The highest BCUT2D eigenvalue weighted by Crippen LogP contribution is 2.35. The molecule has 0 spiro atoms. The first-order valence-corrected chi connectivity index (χ1v) is 5.10. The Morgan fingerprint density at radius 3 is 2.06 bits per heavy atom. The van der Waals surface area contributed by atoms with Gasteiger partial charge >= 0.3 is 6.18 Å². The van der Waals surface area contributed by atoms with E-state index in [9.17, 15) is 17.6 Å². The van der Waals surface area contributed by atoms with Gasteiger partial charge < -0.3 is 0 Å². The summed E-state index contributed by atoms with van der Waals surface area (Å²) >= 11 is 0. The highest BCUT2D eigenvalue weighted by Gasteiger charge is 2.35. The van der Waals surface area contributed by atoms with Crippen molar-refractivity contribution in [2.45, 2.75) is 32.9 Å². The lowest BCUT2D eigenvalue weighted by molar-refractivity contribution is -0.140. The number of hydrogen-bond donors (Lipinski definition) is 0. The summed E-state index contributed by atoms with van der Waals surface area (Å²) in [6.45, 7) is 5.43. The van der Waals surface area contributed by atoms with Gasteiger partial charge in [0.1, 0.15) is 5.82 Å². The molecular formula is C12H14F4. The van der Waals surface area contributed by atoms with E-state index in [4.69, 9.17) is 0 Å². The van der Waals surface area contributed by atoms with Crippen LogP contribution in [0.15, 0.2) is 18.2 Å². The summed E-state index contributed by atoms with van der Waals surface area (Å²) in [6, 6.07) is 3.43. The highest BCUT2D eigenvalue weighted by atomic mass is 19.4. The van der Waals surface area contributed by atoms with Gasteiger partial charge in [0.05, 0.1) is 5.56 Å². The van der Waals surface area contributed by atoms with E-state index in [1.165, 1.54) is 12.1 Å². The van der Waals surface area contributed by atoms with Crippen molar-refractivity contribution in [3.8, 4) is 0 Å². The zero-order valence-corrected chi connectivity index (χ0v) is 9.40. The van der Waals surface area contributed by atoms with Crippen molar-refractivity contribution < 1.29 is 17.6 Å². The number of benzene rings is 1. The van der Waals surface area contributed by atoms with E-state index in [-0.39, 0.29) is 17.4 Å². The van der Waals surface area contributed by atoms with Crippen LogP contribution in [0.25, 0.3) is 0 Å². The van der Waals surface area contributed by atoms with Crippen LogP contribution >= 0.6 is 0 Å². The van der Waals surface area contributed by atoms with Gasteiger partial charge in [-0.25, -0.2) is 4.39 Å². The van der Waals surface area contributed by atoms with E-state index in [0.717, 1.165) is 6.07 Å². The standard InChI is InChI=1S/C12H14F4/c1-7(2)8(3)9-5-4-6-10(11(9)13)12(14,15)16/h4-8H,1-3H3. The molecule has 0 aromatic heterocycles. The van der Waals surface area contributed by atoms with E-state index >= 15 is 0 Å². The number of hydrogen-bond acceptors (Lipinski definition) is 0. The summed E-state index contributed by atoms with van der Waals surface area (Å²) in [5, 5.41) is 0. The van der Waals surface area contributed by atoms with Gasteiger partial charge in [0.25, 0.3) is 0 Å². The number of rotatable bonds is 2. The minimum absolute atomic E-state index is 0.0954. The Morgan fingerprint density at radius 1 is 1.06 bits per heavy atom. The minimum atomic E-state index is -4.63. The first-order chi connectivity index (χ1) is 7.25. The molecule has 0 N–H and O–H groups in total. The van der Waals surface area contributed by atoms with Crippen LogP contribution in [0.1, 0.15) is 37.8 Å². The third-order valence-corrected chi connectivity index (χ3v) is 2.82. The van der Waals surface area contributed by atoms with Gasteiger partial charge in [0, 0.05) is 0 Å². The fourth-order valence-corrected chi connectivity index (χ4v) is 1.48. The summed E-state index contributed by atoms with van der Waals surface area (Å²) in [7, 11) is 0. The maximum atomic E-state index is 13.7. The monoisotopic (exact) mass is 234 g/mol. The lowest BCUT2D eigenvalue weighted by Gasteiger charge is -2.19. The maximum absolute atomic E-state index is 13.7. The van der Waals surface area contributed by atoms with E-state index in [0.29, 0.717) is 0 Å². The molecule has 0 heterocycles. The molecule has 1 unspecified atom stereocenters. The molecule has 1 aromatic rings. The molecule has 0 bridgehead atoms. The summed E-state index contributed by atoms with van der Waals surface area (Å²) in [4.78, 5) is 0. The fourth-order valence-electron chi connectivity index (χ4n) is 1.48. The van der Waals surface area contributed by atoms with Crippen molar-refractivity contribution in [2.24, 2.45) is 5.92 Å². The average molecular weight is 234 g/mol. The van der Waals surface area contributed by atoms with E-state index < -0.39 is 17.6 Å². The smallest absolute Gasteiger partial charge is 0.206 e. The van der Waals surface area contributed by atoms with Gasteiger partial charge in [-0.15, -0.1) is 0 Å². The van der Waals surface area contributed by atoms with Crippen LogP contribution < -0.4 is 0 Å². The topological polar surface area (TPSA) is 0 Å². The Hall–Kier alpha value is -1.06. The van der Waals surface area contributed by atoms with Gasteiger partial charge in [-0.2, -0.15) is 13.2 Å². The molecule has 4 heteroatoms. The summed E-state index contributed by atoms with van der Waals surface area (Å²) in [5.41, 5.74) is -1.05. The SMILES string of the molecule is CC(C)C(C)c1cccc(C(F)(F)F)c1F. The second-order valence-corrected chi connectivity index (χ2v) is 4.24. The quantitative estimate of drug-likeness (QED) is 0.656. The van der Waals surface area contributed by atoms with Crippen LogP contribution in [0.5, 0.6) is 0 Å². The predicted molar refractivity (Wildman–Crippen MR) is 54.7 cm³/mol. The third-order valence-electron chi connectivity index (χ3n) is 2.82. The van der Waals surface area contributed by atoms with Gasteiger partial charge in [0.2, 0.25) is 0 Å². The van der Waals surface area contributed by atoms with Crippen LogP contribution in [0.3, 0.4) is 0 Å². The normalized spacial score (nSPS) is 14.2. The maximum Gasteiger partial charge on any atom is 0.419 e. The molecule has 1 atom stereocenters. The van der Waals surface area contributed by atoms with E-state index in [1.54, 1.807) is 6.92 Å². The fraction of sp³-hybridized carbons (Fsp3) is 0.500. The van der Waals surface area contributed by atoms with Crippen molar-refractivity contribution >= 4 is 0 Å². The molecule has 0 aliphatic heterocycles. The Morgan fingerprint density at radius 2 is 1.62 bits per heavy atom. The summed E-state index contributed by atoms with van der Waals surface area (Å²) < 4.78 is 51.0. The molecule has 90 valence electrons. The molecule has 0 fully saturated rings. The number of alkyl halides is 3. The van der Waals surface area contributed by atoms with Crippen molar-refractivity contribution in [1.29, 1.82) is 0 Å². The van der Waals surface area contributed by atoms with Crippen LogP contribution in [0.4, 0.5) is 17.6 Å². The molecule has 16 heavy (non-hydrogen) atoms. The summed E-state index contributed by atoms with van der Waals surface area (Å²) in [5.74, 6) is -1.28. The second kappa shape index (κ2) is 4.44. The van der Waals surface area contributed by atoms with Crippen LogP contribution in [0.2, 0.25) is 0 Å². The van der Waals surface area contributed by atoms with E-state index in [1.807, 2.05) is 13.8 Å². The first-order valence-electron chi connectivity index (χ1n) is 5.10. The molecule has 0 saturated heterocycles. The van der Waals surface area contributed by atoms with Gasteiger partial charge in [-0.05, 0) is 23.5 Å². The van der Waals surface area contributed by atoms with Crippen LogP contribution in [-0.4, -0.2) is 0 Å². The number of halogens is 4. The van der Waals surface area contributed by atoms with Crippen molar-refractivity contribution in [1.82, 2.24) is 0 Å². The van der Waals surface area contributed by atoms with Gasteiger partial charge in [0.15, 0.2) is 0 Å². The lowest BCUT2D eigenvalue weighted by Crippen LogP contribution is -2.12. The molecule has 0 aliphatic carbocycles. The second-order valence-electron chi connectivity index (χ2n) is 4.24. The first kappa shape index (κ1) is 13.0. The lowest BCUT2D eigenvalue weighted by atomic mass is 9.89. The van der Waals surface area contributed by atoms with Crippen molar-refractivity contribution in [2.75, 3.05) is 0 Å². The van der Waals surface area contributed by atoms with Crippen molar-refractivity contribution in [3.05, 3.63) is 35.1 Å². The van der Waals surface area contributed by atoms with Crippen molar-refractivity contribution in [3.63, 3.8) is 0 Å². The highest BCUT2D eigenvalue weighted by molar-refractivity contribution is 5.30. The molecule has 0 saturated carbocycles. The molecule has 0 radical (unpaired) electrons. The van der Waals surface area contributed by atoms with Crippen LogP contribution in [0, 0.1) is 11.7 Å². The van der Waals surface area contributed by atoms with Gasteiger partial charge in [-0.1, -0.05) is 32.9 Å². The molecule has 0 amide bonds. The minimum Gasteiger partial charge on any atom is -0.206 e. The molecule has 1 aromatic carbocycles. The Balaban J connectivity index is 3.24. The Bertz CT molecular complexity index is 366. The molecular weight excluding hydrogens is 220 g/mol. The zero-order chi connectivity index (χ0) is 12.5. The largest absolute Gasteiger partial charge is 0.419 e. The van der Waals surface area contributed by atoms with Crippen LogP contribution in [-0.2, 0) is 6.18 Å². The summed E-state index contributed by atoms with van der Waals surface area (Å²) in [6.07, 6.45) is -4.63. The Labute approximate surface area is 92.3 Å². The predicted octanol–water partition coefficient (Wildman–Crippen LogP) is 4.60. The molecule has 0 aliphatic rings. The van der Waals surface area contributed by atoms with E-state index in [2.05, 4.69) is 0 Å². The molecule has 0 nitrogen and oxygen atoms in total. The zero-order valence-electron chi connectivity index (χ0n) is 9.40. The average Bonchev–Trinajstić information content (AvgIpc) is 2.15. The molecule has 1 rings (SSSR count). The third kappa shape index (κ3) is 2.54. The van der Waals surface area contributed by atoms with Gasteiger partial charge in [-0.3, -0.25) is 0 Å². The Kier molecular flexibility index (Phi) is 3.61.